The molecule has 1 fully saturated rings. The van der Waals surface area contributed by atoms with Gasteiger partial charge in [0.05, 0.1) is 11.3 Å². The van der Waals surface area contributed by atoms with E-state index < -0.39 is 16.0 Å². The van der Waals surface area contributed by atoms with Crippen molar-refractivity contribution in [3.63, 3.8) is 0 Å². The first-order valence-electron chi connectivity index (χ1n) is 6.28. The Bertz CT molecular complexity index is 590. The number of carboxylic acid groups (broad SMARTS) is 1. The van der Waals surface area contributed by atoms with Crippen molar-refractivity contribution in [1.82, 2.24) is 4.72 Å². The molecule has 0 radical (unpaired) electrons. The van der Waals surface area contributed by atoms with Crippen LogP contribution in [0.4, 0.5) is 0 Å². The third kappa shape index (κ3) is 3.56. The summed E-state index contributed by atoms with van der Waals surface area (Å²) in [5.41, 5.74) is 0.251. The molecule has 0 spiro atoms. The Morgan fingerprint density at radius 3 is 2.30 bits per heavy atom. The average molecular weight is 299 g/mol. The second kappa shape index (κ2) is 5.51. The Labute approximate surface area is 117 Å². The molecule has 0 unspecified atom stereocenters. The molecule has 6 nitrogen and oxygen atoms in total. The molecule has 1 aliphatic rings. The minimum Gasteiger partial charge on any atom is -0.481 e. The molecule has 1 saturated carbocycles. The molecule has 0 saturated heterocycles. The number of aliphatic hydroxyl groups is 1. The summed E-state index contributed by atoms with van der Waals surface area (Å²) in [6.07, 6.45) is 1.51. The van der Waals surface area contributed by atoms with Gasteiger partial charge in [-0.05, 0) is 30.5 Å². The van der Waals surface area contributed by atoms with E-state index in [2.05, 4.69) is 4.72 Å². The van der Waals surface area contributed by atoms with Crippen molar-refractivity contribution in [3.05, 3.63) is 29.8 Å². The smallest absolute Gasteiger partial charge is 0.307 e. The predicted molar refractivity (Wildman–Crippen MR) is 71.7 cm³/mol. The van der Waals surface area contributed by atoms with Crippen LogP contribution in [0.25, 0.3) is 0 Å². The Morgan fingerprint density at radius 2 is 1.85 bits per heavy atom. The van der Waals surface area contributed by atoms with Crippen LogP contribution in [0, 0.1) is 5.41 Å². The molecule has 7 heteroatoms. The zero-order chi connectivity index (χ0) is 14.8. The highest BCUT2D eigenvalue weighted by molar-refractivity contribution is 7.89. The van der Waals surface area contributed by atoms with Crippen molar-refractivity contribution < 1.29 is 23.4 Å². The monoisotopic (exact) mass is 299 g/mol. The van der Waals surface area contributed by atoms with E-state index in [0.717, 1.165) is 12.8 Å². The van der Waals surface area contributed by atoms with Crippen LogP contribution in [-0.4, -0.2) is 37.8 Å². The number of carboxylic acids is 1. The molecule has 1 aromatic rings. The van der Waals surface area contributed by atoms with Crippen molar-refractivity contribution in [2.24, 2.45) is 5.41 Å². The lowest BCUT2D eigenvalue weighted by Gasteiger charge is -2.13. The normalized spacial score (nSPS) is 16.9. The third-order valence-corrected chi connectivity index (χ3v) is 4.94. The topological polar surface area (TPSA) is 104 Å². The van der Waals surface area contributed by atoms with Crippen molar-refractivity contribution in [1.29, 1.82) is 0 Å². The molecule has 0 aromatic heterocycles. The fourth-order valence-corrected chi connectivity index (χ4v) is 3.02. The minimum atomic E-state index is -3.62. The third-order valence-electron chi connectivity index (χ3n) is 3.52. The highest BCUT2D eigenvalue weighted by Crippen LogP contribution is 2.44. The molecule has 0 atom stereocenters. The Morgan fingerprint density at radius 1 is 1.25 bits per heavy atom. The summed E-state index contributed by atoms with van der Waals surface area (Å²) in [7, 11) is -3.62. The lowest BCUT2D eigenvalue weighted by atomic mass is 10.1. The zero-order valence-corrected chi connectivity index (χ0v) is 11.7. The number of hydrogen-bond acceptors (Lipinski definition) is 4. The predicted octanol–water partition coefficient (Wildman–Crippen LogP) is 0.364. The van der Waals surface area contributed by atoms with Gasteiger partial charge in [-0.1, -0.05) is 12.1 Å². The van der Waals surface area contributed by atoms with E-state index in [-0.39, 0.29) is 29.9 Å². The first-order valence-corrected chi connectivity index (χ1v) is 7.76. The van der Waals surface area contributed by atoms with E-state index in [4.69, 9.17) is 10.2 Å². The molecule has 0 heterocycles. The fraction of sp³-hybridized carbons (Fsp3) is 0.462. The SMILES string of the molecule is O=C(O)Cc1ccc(S(=O)(=O)NCC2(CO)CC2)cc1. The summed E-state index contributed by atoms with van der Waals surface area (Å²) < 4.78 is 26.6. The van der Waals surface area contributed by atoms with Crippen LogP contribution in [0.3, 0.4) is 0 Å². The van der Waals surface area contributed by atoms with Gasteiger partial charge in [0.25, 0.3) is 0 Å². The molecule has 3 N–H and O–H groups in total. The van der Waals surface area contributed by atoms with Crippen molar-refractivity contribution in [2.75, 3.05) is 13.2 Å². The zero-order valence-electron chi connectivity index (χ0n) is 10.9. The first kappa shape index (κ1) is 15.0. The van der Waals surface area contributed by atoms with Crippen LogP contribution in [0.5, 0.6) is 0 Å². The van der Waals surface area contributed by atoms with E-state index in [9.17, 15) is 13.2 Å². The average Bonchev–Trinajstić information content (AvgIpc) is 3.17. The van der Waals surface area contributed by atoms with Gasteiger partial charge < -0.3 is 10.2 Å². The molecule has 0 aliphatic heterocycles. The number of sulfonamides is 1. The Balaban J connectivity index is 2.03. The summed E-state index contributed by atoms with van der Waals surface area (Å²) >= 11 is 0. The maximum absolute atomic E-state index is 12.0. The maximum atomic E-state index is 12.0. The van der Waals surface area contributed by atoms with Crippen molar-refractivity contribution in [3.8, 4) is 0 Å². The van der Waals surface area contributed by atoms with E-state index >= 15 is 0 Å². The van der Waals surface area contributed by atoms with Crippen LogP contribution < -0.4 is 4.72 Å². The standard InChI is InChI=1S/C13H17NO5S/c15-9-13(5-6-13)8-14-20(18,19)11-3-1-10(2-4-11)7-12(16)17/h1-4,14-15H,5-9H2,(H,16,17). The van der Waals surface area contributed by atoms with E-state index in [0.29, 0.717) is 5.56 Å². The summed E-state index contributed by atoms with van der Waals surface area (Å²) in [5, 5.41) is 17.8. The number of carbonyl (C=O) groups is 1. The molecular weight excluding hydrogens is 282 g/mol. The van der Waals surface area contributed by atoms with Gasteiger partial charge in [0.2, 0.25) is 10.0 Å². The highest BCUT2D eigenvalue weighted by atomic mass is 32.2. The second-order valence-corrected chi connectivity index (χ2v) is 6.96. The number of aliphatic carboxylic acids is 1. The highest BCUT2D eigenvalue weighted by Gasteiger charge is 2.42. The van der Waals surface area contributed by atoms with Gasteiger partial charge in [-0.3, -0.25) is 4.79 Å². The van der Waals surface area contributed by atoms with Gasteiger partial charge in [-0.25, -0.2) is 13.1 Å². The van der Waals surface area contributed by atoms with Gasteiger partial charge in [0.15, 0.2) is 0 Å². The quantitative estimate of drug-likeness (QED) is 0.674. The summed E-state index contributed by atoms with van der Waals surface area (Å²) in [5.74, 6) is -0.961. The fourth-order valence-electron chi connectivity index (χ4n) is 1.86. The van der Waals surface area contributed by atoms with Gasteiger partial charge in [0.1, 0.15) is 0 Å². The van der Waals surface area contributed by atoms with Crippen LogP contribution in [0.1, 0.15) is 18.4 Å². The summed E-state index contributed by atoms with van der Waals surface area (Å²) in [4.78, 5) is 10.6. The van der Waals surface area contributed by atoms with E-state index in [1.807, 2.05) is 0 Å². The number of aliphatic hydroxyl groups excluding tert-OH is 1. The van der Waals surface area contributed by atoms with Gasteiger partial charge in [-0.2, -0.15) is 0 Å². The Hall–Kier alpha value is -1.44. The van der Waals surface area contributed by atoms with Gasteiger partial charge in [0, 0.05) is 18.6 Å². The van der Waals surface area contributed by atoms with Crippen LogP contribution >= 0.6 is 0 Å². The number of benzene rings is 1. The second-order valence-electron chi connectivity index (χ2n) is 5.20. The molecule has 0 amide bonds. The summed E-state index contributed by atoms with van der Waals surface area (Å²) in [6.45, 7) is 0.204. The minimum absolute atomic E-state index is 0.0208. The van der Waals surface area contributed by atoms with E-state index in [1.165, 1.54) is 24.3 Å². The van der Waals surface area contributed by atoms with Crippen LogP contribution in [0.15, 0.2) is 29.2 Å². The van der Waals surface area contributed by atoms with Crippen molar-refractivity contribution in [2.45, 2.75) is 24.2 Å². The molecule has 1 aliphatic carbocycles. The van der Waals surface area contributed by atoms with Crippen LogP contribution in [0.2, 0.25) is 0 Å². The molecule has 0 bridgehead atoms. The lowest BCUT2D eigenvalue weighted by molar-refractivity contribution is -0.136. The largest absolute Gasteiger partial charge is 0.481 e. The molecular formula is C13H17NO5S. The first-order chi connectivity index (χ1) is 9.37. The number of hydrogen-bond donors (Lipinski definition) is 3. The lowest BCUT2D eigenvalue weighted by Crippen LogP contribution is -2.31. The maximum Gasteiger partial charge on any atom is 0.307 e. The molecule has 110 valence electrons. The van der Waals surface area contributed by atoms with Gasteiger partial charge >= 0.3 is 5.97 Å². The molecule has 20 heavy (non-hydrogen) atoms. The number of rotatable bonds is 7. The Kier molecular flexibility index (Phi) is 4.12. The van der Waals surface area contributed by atoms with E-state index in [1.54, 1.807) is 0 Å². The van der Waals surface area contributed by atoms with Crippen LogP contribution in [-0.2, 0) is 21.2 Å². The number of nitrogens with one attached hydrogen (secondary N) is 1. The van der Waals surface area contributed by atoms with Crippen molar-refractivity contribution >= 4 is 16.0 Å². The van der Waals surface area contributed by atoms with Gasteiger partial charge in [-0.15, -0.1) is 0 Å². The molecule has 2 rings (SSSR count). The molecule has 1 aromatic carbocycles. The summed E-state index contributed by atoms with van der Waals surface area (Å²) in [6, 6.07) is 5.75.